The summed E-state index contributed by atoms with van der Waals surface area (Å²) < 4.78 is 38.0. The second-order valence-corrected chi connectivity index (χ2v) is 7.20. The van der Waals surface area contributed by atoms with E-state index in [0.717, 1.165) is 23.6 Å². The van der Waals surface area contributed by atoms with Crippen molar-refractivity contribution in [3.8, 4) is 0 Å². The number of benzene rings is 1. The minimum atomic E-state index is -4.52. The lowest BCUT2D eigenvalue weighted by atomic mass is 10.0. The van der Waals surface area contributed by atoms with Gasteiger partial charge in [-0.25, -0.2) is 0 Å². The van der Waals surface area contributed by atoms with E-state index in [1.165, 1.54) is 6.07 Å². The zero-order valence-corrected chi connectivity index (χ0v) is 14.8. The van der Waals surface area contributed by atoms with E-state index in [2.05, 4.69) is 30.7 Å². The summed E-state index contributed by atoms with van der Waals surface area (Å²) in [6, 6.07) is 9.57. The molecule has 0 N–H and O–H groups in total. The first kappa shape index (κ1) is 18.2. The molecule has 0 atom stereocenters. The van der Waals surface area contributed by atoms with Crippen LogP contribution in [0.25, 0.3) is 0 Å². The number of carbonyl (C=O) groups excluding carboxylic acids is 1. The van der Waals surface area contributed by atoms with Gasteiger partial charge in [-0.1, -0.05) is 12.1 Å². The molecule has 0 radical (unpaired) electrons. The first-order valence-electron chi connectivity index (χ1n) is 8.31. The van der Waals surface area contributed by atoms with Gasteiger partial charge >= 0.3 is 6.18 Å². The van der Waals surface area contributed by atoms with Crippen LogP contribution in [0.4, 0.5) is 24.5 Å². The van der Waals surface area contributed by atoms with E-state index >= 15 is 0 Å². The summed E-state index contributed by atoms with van der Waals surface area (Å²) in [7, 11) is 0. The van der Waals surface area contributed by atoms with E-state index in [0.29, 0.717) is 13.1 Å². The number of carbonyl (C=O) groups is 1. The molecule has 0 spiro atoms. The zero-order chi connectivity index (χ0) is 19.1. The maximum absolute atomic E-state index is 12.9. The molecule has 1 aliphatic rings. The van der Waals surface area contributed by atoms with Crippen molar-refractivity contribution in [2.45, 2.75) is 32.5 Å². The van der Waals surface area contributed by atoms with Gasteiger partial charge in [0, 0.05) is 24.8 Å². The van der Waals surface area contributed by atoms with E-state index in [1.807, 2.05) is 24.3 Å². The van der Waals surface area contributed by atoms with Crippen LogP contribution in [0.3, 0.4) is 0 Å². The van der Waals surface area contributed by atoms with Crippen molar-refractivity contribution in [1.82, 2.24) is 4.98 Å². The van der Waals surface area contributed by atoms with Crippen molar-refractivity contribution in [3.63, 3.8) is 0 Å². The monoisotopic (exact) mass is 363 g/mol. The average Bonchev–Trinajstić information content (AvgIpc) is 2.58. The van der Waals surface area contributed by atoms with Crippen LogP contribution in [-0.2, 0) is 6.18 Å². The molecule has 0 aliphatic carbocycles. The molecule has 2 aromatic rings. The van der Waals surface area contributed by atoms with Crippen LogP contribution in [0.15, 0.2) is 42.6 Å². The maximum Gasteiger partial charge on any atom is 0.433 e. The maximum atomic E-state index is 12.9. The first-order valence-corrected chi connectivity index (χ1v) is 8.31. The number of rotatable bonds is 1. The Balaban J connectivity index is 1.93. The summed E-state index contributed by atoms with van der Waals surface area (Å²) in [4.78, 5) is 20.1. The topological polar surface area (TPSA) is 36.4 Å². The molecule has 1 aromatic carbocycles. The van der Waals surface area contributed by atoms with Gasteiger partial charge in [0.05, 0.1) is 16.9 Å². The molecule has 0 fully saturated rings. The van der Waals surface area contributed by atoms with Crippen LogP contribution in [0.1, 0.15) is 36.8 Å². The fourth-order valence-corrected chi connectivity index (χ4v) is 3.11. The molecule has 3 rings (SSSR count). The largest absolute Gasteiger partial charge is 0.433 e. The SMILES string of the molecule is CC(C)(C)N1CCN(C(=O)c2ccc(C(F)(F)F)nc2)c2ccccc21. The number of amides is 1. The van der Waals surface area contributed by atoms with Gasteiger partial charge < -0.3 is 9.80 Å². The van der Waals surface area contributed by atoms with Gasteiger partial charge in [-0.05, 0) is 45.0 Å². The highest BCUT2D eigenvalue weighted by Crippen LogP contribution is 2.37. The molecule has 0 saturated carbocycles. The van der Waals surface area contributed by atoms with Gasteiger partial charge in [0.15, 0.2) is 0 Å². The minimum Gasteiger partial charge on any atom is -0.363 e. The number of fused-ring (bicyclic) bond motifs is 1. The molecule has 1 aromatic heterocycles. The predicted octanol–water partition coefficient (Wildman–Crippen LogP) is 4.37. The summed E-state index contributed by atoms with van der Waals surface area (Å²) in [6.07, 6.45) is -3.53. The summed E-state index contributed by atoms with van der Waals surface area (Å²) in [6.45, 7) is 7.39. The molecule has 0 unspecified atom stereocenters. The Labute approximate surface area is 150 Å². The van der Waals surface area contributed by atoms with Gasteiger partial charge in [0.2, 0.25) is 0 Å². The average molecular weight is 363 g/mol. The number of halogens is 3. The summed E-state index contributed by atoms with van der Waals surface area (Å²) >= 11 is 0. The lowest BCUT2D eigenvalue weighted by Crippen LogP contribution is -2.51. The molecular weight excluding hydrogens is 343 g/mol. The Kier molecular flexibility index (Phi) is 4.42. The molecule has 4 nitrogen and oxygen atoms in total. The molecule has 2 heterocycles. The second kappa shape index (κ2) is 6.30. The first-order chi connectivity index (χ1) is 12.1. The van der Waals surface area contributed by atoms with E-state index < -0.39 is 11.9 Å². The summed E-state index contributed by atoms with van der Waals surface area (Å²) in [5, 5.41) is 0. The highest BCUT2D eigenvalue weighted by molar-refractivity contribution is 6.08. The van der Waals surface area contributed by atoms with Crippen molar-refractivity contribution in [2.75, 3.05) is 22.9 Å². The van der Waals surface area contributed by atoms with Gasteiger partial charge in [-0.15, -0.1) is 0 Å². The number of hydrogen-bond donors (Lipinski definition) is 0. The number of anilines is 2. The Morgan fingerprint density at radius 2 is 1.65 bits per heavy atom. The second-order valence-electron chi connectivity index (χ2n) is 7.20. The van der Waals surface area contributed by atoms with E-state index in [-0.39, 0.29) is 17.0 Å². The third kappa shape index (κ3) is 3.38. The third-order valence-corrected chi connectivity index (χ3v) is 4.37. The number of para-hydroxylation sites is 2. The van der Waals surface area contributed by atoms with Gasteiger partial charge in [0.1, 0.15) is 5.69 Å². The van der Waals surface area contributed by atoms with Gasteiger partial charge in [-0.3, -0.25) is 9.78 Å². The van der Waals surface area contributed by atoms with Crippen LogP contribution in [0, 0.1) is 0 Å². The summed E-state index contributed by atoms with van der Waals surface area (Å²) in [5.74, 6) is -0.354. The van der Waals surface area contributed by atoms with Crippen molar-refractivity contribution in [3.05, 3.63) is 53.9 Å². The van der Waals surface area contributed by atoms with Crippen molar-refractivity contribution in [2.24, 2.45) is 0 Å². The molecule has 0 saturated heterocycles. The lowest BCUT2D eigenvalue weighted by Gasteiger charge is -2.44. The highest BCUT2D eigenvalue weighted by atomic mass is 19.4. The minimum absolute atomic E-state index is 0.110. The fraction of sp³-hybridized carbons (Fsp3) is 0.368. The fourth-order valence-electron chi connectivity index (χ4n) is 3.11. The van der Waals surface area contributed by atoms with Crippen LogP contribution < -0.4 is 9.80 Å². The van der Waals surface area contributed by atoms with Crippen molar-refractivity contribution >= 4 is 17.3 Å². The smallest absolute Gasteiger partial charge is 0.363 e. The molecule has 1 aliphatic heterocycles. The molecular formula is C19H20F3N3O. The van der Waals surface area contributed by atoms with E-state index in [1.54, 1.807) is 4.90 Å². The van der Waals surface area contributed by atoms with E-state index in [9.17, 15) is 18.0 Å². The van der Waals surface area contributed by atoms with Crippen LogP contribution in [0.2, 0.25) is 0 Å². The Morgan fingerprint density at radius 1 is 1.00 bits per heavy atom. The summed E-state index contributed by atoms with van der Waals surface area (Å²) in [5.41, 5.74) is 0.697. The van der Waals surface area contributed by atoms with Crippen molar-refractivity contribution in [1.29, 1.82) is 0 Å². The Hall–Kier alpha value is -2.57. The zero-order valence-electron chi connectivity index (χ0n) is 14.8. The molecule has 1 amide bonds. The number of nitrogens with zero attached hydrogens (tertiary/aromatic N) is 3. The van der Waals surface area contributed by atoms with Crippen molar-refractivity contribution < 1.29 is 18.0 Å². The highest BCUT2D eigenvalue weighted by Gasteiger charge is 2.34. The van der Waals surface area contributed by atoms with Crippen LogP contribution in [-0.4, -0.2) is 29.5 Å². The third-order valence-electron chi connectivity index (χ3n) is 4.37. The normalized spacial score (nSPS) is 15.0. The molecule has 7 heteroatoms. The number of aromatic nitrogens is 1. The predicted molar refractivity (Wildman–Crippen MR) is 94.5 cm³/mol. The molecule has 0 bridgehead atoms. The number of pyridine rings is 1. The Bertz CT molecular complexity index is 810. The van der Waals surface area contributed by atoms with Gasteiger partial charge in [0.25, 0.3) is 5.91 Å². The number of hydrogen-bond acceptors (Lipinski definition) is 3. The molecule has 138 valence electrons. The quantitative estimate of drug-likeness (QED) is 0.755. The molecule has 26 heavy (non-hydrogen) atoms. The standard InChI is InChI=1S/C19H20F3N3O/c1-18(2,3)25-11-10-24(14-6-4-5-7-15(14)25)17(26)13-8-9-16(23-12-13)19(20,21)22/h4-9,12H,10-11H2,1-3H3. The van der Waals surface area contributed by atoms with Gasteiger partial charge in [-0.2, -0.15) is 13.2 Å². The van der Waals surface area contributed by atoms with Crippen LogP contribution in [0.5, 0.6) is 0 Å². The Morgan fingerprint density at radius 3 is 2.19 bits per heavy atom. The lowest BCUT2D eigenvalue weighted by molar-refractivity contribution is -0.141. The number of alkyl halides is 3. The van der Waals surface area contributed by atoms with Crippen LogP contribution >= 0.6 is 0 Å². The van der Waals surface area contributed by atoms with E-state index in [4.69, 9.17) is 0 Å².